The van der Waals surface area contributed by atoms with Gasteiger partial charge in [-0.05, 0) is 48.5 Å². The second-order valence-corrected chi connectivity index (χ2v) is 22.2. The molecular weight excluding hydrogens is 1080 g/mol. The third-order valence-corrected chi connectivity index (χ3v) is 15.2. The van der Waals surface area contributed by atoms with E-state index in [1.54, 1.807) is 0 Å². The first-order chi connectivity index (χ1) is 35.4. The maximum absolute atomic E-state index is 13.4. The number of aromatic nitrogens is 4. The Balaban J connectivity index is 0.894. The molecule has 4 aromatic heterocycles. The van der Waals surface area contributed by atoms with Crippen LogP contribution in [0.25, 0.3) is 21.5 Å². The predicted octanol–water partition coefficient (Wildman–Crippen LogP) is 4.64. The number of nitrogens with zero attached hydrogens (tertiary/aromatic N) is 4. The molecule has 0 unspecified atom stereocenters. The lowest BCUT2D eigenvalue weighted by Crippen LogP contribution is -2.18. The number of fused-ring (bicyclic) bond motifs is 2. The average Bonchev–Trinajstić information content (AvgIpc) is 4.08. The van der Waals surface area contributed by atoms with Gasteiger partial charge in [-0.25, -0.2) is 13.2 Å². The first-order valence-corrected chi connectivity index (χ1v) is 27.1. The van der Waals surface area contributed by atoms with Crippen LogP contribution in [-0.4, -0.2) is 99.8 Å². The van der Waals surface area contributed by atoms with Gasteiger partial charge in [-0.1, -0.05) is 36.4 Å². The van der Waals surface area contributed by atoms with Crippen molar-refractivity contribution in [2.75, 3.05) is 31.9 Å². The lowest BCUT2D eigenvalue weighted by molar-refractivity contribution is 0.101. The van der Waals surface area contributed by atoms with E-state index in [0.717, 1.165) is 54.6 Å². The standard InChI is InChI=1S/C45H40N10O17S4/c1-52-19-23(15-35(52)43(58)50-31-13-11-27-29(39(31)75(67,68)69)7-5-9-37(27)73(61,62)63)46-41(56)33-17-25(21-54(33)3)48-45(60)49-26-18-34(55(4)22-26)42(57)47-24-16-36(53(2)20-24)44(59)51-32-14-12-28-30(40(32)76(70,71)72)8-6-10-38(28)74(64,65)66/h5-22H,1-4H3,(H,46,56)(H,47,57)(H,50,58)(H,51,59)(H2,48,49,60)(H,61,62,63)(H,64,65,66)(H,67,68,69)(H,70,71,72)/p-1. The third kappa shape index (κ3) is 10.9. The van der Waals surface area contributed by atoms with Crippen LogP contribution < -0.4 is 31.9 Å². The van der Waals surface area contributed by atoms with Crippen LogP contribution in [0.4, 0.5) is 38.9 Å². The van der Waals surface area contributed by atoms with Crippen LogP contribution in [0.3, 0.4) is 0 Å². The average molecular weight is 1120 g/mol. The second-order valence-electron chi connectivity index (χ2n) is 16.8. The van der Waals surface area contributed by atoms with Crippen LogP contribution in [0, 0.1) is 0 Å². The highest BCUT2D eigenvalue weighted by Crippen LogP contribution is 2.36. The van der Waals surface area contributed by atoms with Gasteiger partial charge in [-0.3, -0.25) is 32.8 Å². The van der Waals surface area contributed by atoms with Gasteiger partial charge in [-0.15, -0.1) is 0 Å². The zero-order valence-electron chi connectivity index (χ0n) is 39.4. The Morgan fingerprint density at radius 1 is 0.408 bits per heavy atom. The van der Waals surface area contributed by atoms with E-state index in [1.807, 2.05) is 0 Å². The number of carbonyl (C=O) groups excluding carboxylic acids is 5. The highest BCUT2D eigenvalue weighted by atomic mass is 32.2. The summed E-state index contributed by atoms with van der Waals surface area (Å²) in [6.07, 6.45) is 5.55. The number of aryl methyl sites for hydroxylation is 4. The summed E-state index contributed by atoms with van der Waals surface area (Å²) in [4.78, 5) is 63.7. The number of amides is 6. The summed E-state index contributed by atoms with van der Waals surface area (Å²) in [5, 5.41) is 13.9. The molecule has 31 heteroatoms. The van der Waals surface area contributed by atoms with Crippen LogP contribution in [0.5, 0.6) is 0 Å². The summed E-state index contributed by atoms with van der Waals surface area (Å²) in [5.41, 5.74) is -0.564. The van der Waals surface area contributed by atoms with Gasteiger partial charge in [0.2, 0.25) is 0 Å². The Morgan fingerprint density at radius 3 is 1.05 bits per heavy atom. The van der Waals surface area contributed by atoms with Gasteiger partial charge in [0.15, 0.2) is 0 Å². The quantitative estimate of drug-likeness (QED) is 0.0669. The number of benzene rings is 4. The highest BCUT2D eigenvalue weighted by Gasteiger charge is 2.27. The molecule has 396 valence electrons. The molecule has 0 aliphatic heterocycles. The van der Waals surface area contributed by atoms with Gasteiger partial charge in [0.05, 0.1) is 39.0 Å². The Bertz CT molecular complexity index is 4020. The lowest BCUT2D eigenvalue weighted by atomic mass is 10.1. The molecule has 0 atom stereocenters. The number of carbonyl (C=O) groups is 5. The molecule has 0 radical (unpaired) electrons. The van der Waals surface area contributed by atoms with Gasteiger partial charge < -0.3 is 54.7 Å². The normalized spacial score (nSPS) is 12.1. The molecule has 9 N–H and O–H groups in total. The van der Waals surface area contributed by atoms with Gasteiger partial charge in [0.25, 0.3) is 54.0 Å². The van der Waals surface area contributed by atoms with Crippen LogP contribution >= 0.6 is 0 Å². The van der Waals surface area contributed by atoms with Gasteiger partial charge >= 0.3 is 6.03 Å². The maximum atomic E-state index is 13.4. The number of nitrogens with one attached hydrogen (secondary N) is 6. The summed E-state index contributed by atoms with van der Waals surface area (Å²) in [7, 11) is -14.2. The van der Waals surface area contributed by atoms with Gasteiger partial charge in [-0.2, -0.15) is 25.3 Å². The zero-order valence-corrected chi connectivity index (χ0v) is 42.6. The molecule has 8 rings (SSSR count). The molecule has 0 fully saturated rings. The molecule has 6 amide bonds. The van der Waals surface area contributed by atoms with Crippen molar-refractivity contribution in [1.82, 2.24) is 18.3 Å². The first-order valence-electron chi connectivity index (χ1n) is 21.4. The third-order valence-electron chi connectivity index (χ3n) is 11.5. The van der Waals surface area contributed by atoms with E-state index < -0.39 is 101 Å². The molecule has 76 heavy (non-hydrogen) atoms. The number of hydrogen-bond acceptors (Lipinski definition) is 14. The van der Waals surface area contributed by atoms with Crippen LogP contribution in [0.15, 0.2) is 129 Å². The van der Waals surface area contributed by atoms with E-state index in [4.69, 9.17) is 0 Å². The van der Waals surface area contributed by atoms with E-state index in [-0.39, 0.29) is 67.1 Å². The van der Waals surface area contributed by atoms with Crippen molar-refractivity contribution >= 4 is 126 Å². The molecule has 4 heterocycles. The van der Waals surface area contributed by atoms with Crippen LogP contribution in [-0.2, 0) is 68.7 Å². The van der Waals surface area contributed by atoms with Crippen molar-refractivity contribution in [1.29, 1.82) is 0 Å². The van der Waals surface area contributed by atoms with E-state index in [2.05, 4.69) is 31.9 Å². The fourth-order valence-corrected chi connectivity index (χ4v) is 11.4. The Morgan fingerprint density at radius 2 is 0.724 bits per heavy atom. The summed E-state index contributed by atoms with van der Waals surface area (Å²) in [6, 6.07) is 15.2. The van der Waals surface area contributed by atoms with Crippen molar-refractivity contribution in [2.24, 2.45) is 28.2 Å². The molecule has 0 aliphatic rings. The smallest absolute Gasteiger partial charge is 0.323 e. The molecule has 8 aromatic rings. The Hall–Kier alpha value is -8.69. The minimum Gasteiger partial charge on any atom is -0.744 e. The fourth-order valence-electron chi connectivity index (χ4n) is 8.29. The lowest BCUT2D eigenvalue weighted by Gasteiger charge is -2.17. The van der Waals surface area contributed by atoms with Crippen molar-refractivity contribution in [3.63, 3.8) is 0 Å². The van der Waals surface area contributed by atoms with Crippen molar-refractivity contribution in [2.45, 2.75) is 19.6 Å². The number of rotatable bonds is 14. The zero-order chi connectivity index (χ0) is 55.6. The van der Waals surface area contributed by atoms with Gasteiger partial charge in [0.1, 0.15) is 47.6 Å². The van der Waals surface area contributed by atoms with E-state index in [0.29, 0.717) is 0 Å². The predicted molar refractivity (Wildman–Crippen MR) is 271 cm³/mol. The topological polar surface area (TPSA) is 398 Å². The fraction of sp³-hybridized carbons (Fsp3) is 0.0889. The minimum absolute atomic E-state index is 0.0319. The Labute approximate surface area is 430 Å². The number of anilines is 6. The summed E-state index contributed by atoms with van der Waals surface area (Å²) >= 11 is 0. The molecule has 0 saturated carbocycles. The first kappa shape index (κ1) is 53.6. The van der Waals surface area contributed by atoms with E-state index in [1.165, 1.54) is 102 Å². The summed E-state index contributed by atoms with van der Waals surface area (Å²) < 4.78 is 145. The second kappa shape index (κ2) is 19.5. The summed E-state index contributed by atoms with van der Waals surface area (Å²) in [6.45, 7) is 0. The molecule has 27 nitrogen and oxygen atoms in total. The molecule has 0 bridgehead atoms. The molecule has 0 spiro atoms. The molecule has 4 aromatic carbocycles. The van der Waals surface area contributed by atoms with Crippen molar-refractivity contribution in [3.05, 3.63) is 132 Å². The van der Waals surface area contributed by atoms with Crippen LogP contribution in [0.2, 0.25) is 0 Å². The molecule has 0 aliphatic carbocycles. The molecular formula is C45H39N10O17S4-. The number of hydrogen-bond donors (Lipinski definition) is 9. The monoisotopic (exact) mass is 1120 g/mol. The van der Waals surface area contributed by atoms with Crippen molar-refractivity contribution in [3.8, 4) is 0 Å². The van der Waals surface area contributed by atoms with E-state index in [9.17, 15) is 75.9 Å². The van der Waals surface area contributed by atoms with Crippen molar-refractivity contribution < 1.29 is 75.9 Å². The number of urea groups is 1. The van der Waals surface area contributed by atoms with E-state index >= 15 is 0 Å². The highest BCUT2D eigenvalue weighted by molar-refractivity contribution is 7.87. The SMILES string of the molecule is Cn1cc(NC(=O)Nc2cc(C(=O)Nc3cc(C(=O)Nc4ccc5c(S(=O)(=O)O)cccc5c4S(=O)(=O)O)n(C)c3)n(C)c2)cc1C(=O)Nc1cc(C(=O)Nc2ccc3c(S(=O)(=O)O)cccc3c2S(=O)(=O)[O-])n(C)c1. The maximum Gasteiger partial charge on any atom is 0.323 e. The van der Waals surface area contributed by atoms with Gasteiger partial charge in [0, 0.05) is 74.5 Å². The Kier molecular flexibility index (Phi) is 13.8. The molecule has 0 saturated heterocycles. The minimum atomic E-state index is -5.35. The summed E-state index contributed by atoms with van der Waals surface area (Å²) in [5.74, 6) is -3.22. The largest absolute Gasteiger partial charge is 0.744 e. The van der Waals surface area contributed by atoms with Crippen LogP contribution in [0.1, 0.15) is 42.0 Å².